The number of rotatable bonds is 7. The molecule has 2 aromatic carbocycles. The molecular weight excluding hydrogens is 590 g/mol. The van der Waals surface area contributed by atoms with Crippen LogP contribution in [-0.2, 0) is 10.9 Å². The van der Waals surface area contributed by atoms with Crippen LogP contribution in [-0.4, -0.2) is 48.1 Å². The van der Waals surface area contributed by atoms with Gasteiger partial charge < -0.3 is 24.8 Å². The van der Waals surface area contributed by atoms with Gasteiger partial charge in [0.05, 0.1) is 22.8 Å². The van der Waals surface area contributed by atoms with Gasteiger partial charge in [0.1, 0.15) is 22.8 Å². The first-order valence-electron chi connectivity index (χ1n) is 12.6. The number of alkyl halides is 6. The molecule has 1 aliphatic heterocycles. The van der Waals surface area contributed by atoms with Gasteiger partial charge in [0, 0.05) is 25.4 Å². The summed E-state index contributed by atoms with van der Waals surface area (Å²) >= 11 is 5.78. The van der Waals surface area contributed by atoms with E-state index in [1.165, 1.54) is 43.6 Å². The van der Waals surface area contributed by atoms with Crippen molar-refractivity contribution in [3.63, 3.8) is 0 Å². The van der Waals surface area contributed by atoms with Crippen LogP contribution in [0.5, 0.6) is 11.5 Å². The Morgan fingerprint density at radius 2 is 1.74 bits per heavy atom. The Labute approximate surface area is 243 Å². The van der Waals surface area contributed by atoms with Crippen LogP contribution in [0.25, 0.3) is 16.7 Å². The summed E-state index contributed by atoms with van der Waals surface area (Å²) < 4.78 is 92.9. The summed E-state index contributed by atoms with van der Waals surface area (Å²) in [5.74, 6) is -0.636. The highest BCUT2D eigenvalue weighted by Crippen LogP contribution is 2.46. The van der Waals surface area contributed by atoms with Crippen LogP contribution in [0.2, 0.25) is 5.02 Å². The third-order valence-electron chi connectivity index (χ3n) is 5.81. The molecule has 228 valence electrons. The van der Waals surface area contributed by atoms with Crippen molar-refractivity contribution in [3.05, 3.63) is 76.6 Å². The Morgan fingerprint density at radius 3 is 2.36 bits per heavy atom. The van der Waals surface area contributed by atoms with Crippen LogP contribution in [0.4, 0.5) is 31.1 Å². The smallest absolute Gasteiger partial charge is 0.431 e. The highest BCUT2D eigenvalue weighted by atomic mass is 35.5. The number of carbonyl (C=O) groups excluding carboxylic acids is 1. The summed E-state index contributed by atoms with van der Waals surface area (Å²) in [4.78, 5) is 12.7. The second-order valence-electron chi connectivity index (χ2n) is 10.3. The lowest BCUT2D eigenvalue weighted by Crippen LogP contribution is -2.33. The van der Waals surface area contributed by atoms with Crippen LogP contribution < -0.4 is 10.1 Å². The number of nitrogens with zero attached hydrogens (tertiary/aromatic N) is 1. The predicted octanol–water partition coefficient (Wildman–Crippen LogP) is 8.31. The molecule has 0 fully saturated rings. The van der Waals surface area contributed by atoms with Gasteiger partial charge in [-0.1, -0.05) is 23.7 Å². The van der Waals surface area contributed by atoms with Crippen molar-refractivity contribution in [1.29, 1.82) is 0 Å². The van der Waals surface area contributed by atoms with E-state index in [-0.39, 0.29) is 47.6 Å². The Bertz CT molecular complexity index is 1410. The first-order chi connectivity index (χ1) is 19.4. The monoisotopic (exact) mass is 618 g/mol. The Balaban J connectivity index is 2.02. The van der Waals surface area contributed by atoms with Crippen LogP contribution in [0.1, 0.15) is 38.3 Å². The molecule has 0 saturated carbocycles. The fourth-order valence-corrected chi connectivity index (χ4v) is 4.19. The van der Waals surface area contributed by atoms with Gasteiger partial charge >= 0.3 is 18.4 Å². The summed E-state index contributed by atoms with van der Waals surface area (Å²) in [5.41, 5.74) is -3.32. The fraction of sp³-hybridized carbons (Fsp3) is 0.345. The van der Waals surface area contributed by atoms with Crippen LogP contribution >= 0.6 is 11.6 Å². The first-order valence-corrected chi connectivity index (χ1v) is 13.0. The van der Waals surface area contributed by atoms with E-state index in [9.17, 15) is 36.2 Å². The maximum Gasteiger partial charge on any atom is 0.431 e. The Morgan fingerprint density at radius 1 is 1.05 bits per heavy atom. The average molecular weight is 619 g/mol. The van der Waals surface area contributed by atoms with Gasteiger partial charge in [-0.25, -0.2) is 4.79 Å². The predicted molar refractivity (Wildman–Crippen MR) is 147 cm³/mol. The highest BCUT2D eigenvalue weighted by molar-refractivity contribution is 6.31. The maximum absolute atomic E-state index is 13.7. The summed E-state index contributed by atoms with van der Waals surface area (Å²) in [6, 6.07) is 5.62. The second-order valence-corrected chi connectivity index (χ2v) is 10.7. The van der Waals surface area contributed by atoms with Gasteiger partial charge in [0.2, 0.25) is 0 Å². The SMILES string of the molecule is CN1C=CC=C(c2ccc(OCCCNC(=O)OC(C)(C)C)c(-c3ccc(Cl)c(C(F)(F)F)c3)c2O)C=C1C(F)(F)F. The van der Waals surface area contributed by atoms with Gasteiger partial charge in [-0.15, -0.1) is 0 Å². The molecule has 1 heterocycles. The van der Waals surface area contributed by atoms with Crippen LogP contribution in [0.15, 0.2) is 60.5 Å². The van der Waals surface area contributed by atoms with Crippen LogP contribution in [0, 0.1) is 0 Å². The fourth-order valence-electron chi connectivity index (χ4n) is 3.96. The molecular formula is C29H29ClF6N2O4. The summed E-state index contributed by atoms with van der Waals surface area (Å²) in [7, 11) is 1.21. The standard InChI is InChI=1S/C29H29ClF6N2O4/c1-27(2,3)42-26(40)37-12-6-14-41-22-11-9-19(17-7-5-13-38(4)23(16-17)29(34,35)36)25(39)24(22)18-8-10-21(30)20(15-18)28(31,32)33/h5,7-11,13,15-16,39H,6,12,14H2,1-4H3,(H,37,40). The molecule has 0 aromatic heterocycles. The molecule has 2 N–H and O–H groups in total. The van der Waals surface area contributed by atoms with Gasteiger partial charge in [0.15, 0.2) is 0 Å². The Hall–Kier alpha value is -3.80. The van der Waals surface area contributed by atoms with Crippen molar-refractivity contribution in [2.24, 2.45) is 0 Å². The summed E-state index contributed by atoms with van der Waals surface area (Å²) in [6.45, 7) is 5.22. The molecule has 3 rings (SSSR count). The number of aromatic hydroxyl groups is 1. The van der Waals surface area contributed by atoms with Crippen molar-refractivity contribution >= 4 is 23.3 Å². The number of phenolic OH excluding ortho intramolecular Hbond substituents is 1. The largest absolute Gasteiger partial charge is 0.507 e. The van der Waals surface area contributed by atoms with Gasteiger partial charge in [0.25, 0.3) is 0 Å². The number of allylic oxidation sites excluding steroid dienone is 5. The molecule has 0 saturated heterocycles. The van der Waals surface area contributed by atoms with Crippen molar-refractivity contribution in [1.82, 2.24) is 10.2 Å². The molecule has 1 amide bonds. The molecule has 2 aromatic rings. The molecule has 6 nitrogen and oxygen atoms in total. The van der Waals surface area contributed by atoms with E-state index in [0.717, 1.165) is 23.1 Å². The van der Waals surface area contributed by atoms with E-state index < -0.39 is 46.1 Å². The number of hydrogen-bond acceptors (Lipinski definition) is 5. The first kappa shape index (κ1) is 32.7. The Kier molecular flexibility index (Phi) is 9.81. The molecule has 0 spiro atoms. The number of ether oxygens (including phenoxy) is 2. The second kappa shape index (κ2) is 12.6. The van der Waals surface area contributed by atoms with E-state index in [2.05, 4.69) is 5.32 Å². The topological polar surface area (TPSA) is 71.0 Å². The summed E-state index contributed by atoms with van der Waals surface area (Å²) in [6.07, 6.45) is -5.25. The zero-order valence-corrected chi connectivity index (χ0v) is 23.8. The number of phenols is 1. The molecule has 0 unspecified atom stereocenters. The van der Waals surface area contributed by atoms with Crippen molar-refractivity contribution in [2.45, 2.75) is 45.1 Å². The average Bonchev–Trinajstić information content (AvgIpc) is 3.04. The number of halogens is 7. The van der Waals surface area contributed by atoms with E-state index in [1.807, 2.05) is 0 Å². The molecule has 42 heavy (non-hydrogen) atoms. The minimum Gasteiger partial charge on any atom is -0.507 e. The normalized spacial score (nSPS) is 14.2. The molecule has 0 atom stereocenters. The highest BCUT2D eigenvalue weighted by Gasteiger charge is 2.37. The number of amides is 1. The van der Waals surface area contributed by atoms with E-state index in [4.69, 9.17) is 21.1 Å². The lowest BCUT2D eigenvalue weighted by molar-refractivity contribution is -0.137. The molecule has 0 aliphatic carbocycles. The zero-order chi connectivity index (χ0) is 31.5. The maximum atomic E-state index is 13.7. The van der Waals surface area contributed by atoms with E-state index in [1.54, 1.807) is 20.8 Å². The third-order valence-corrected chi connectivity index (χ3v) is 6.14. The third kappa shape index (κ3) is 8.37. The molecule has 13 heteroatoms. The number of carbonyl (C=O) groups is 1. The lowest BCUT2D eigenvalue weighted by atomic mass is 9.94. The van der Waals surface area contributed by atoms with Gasteiger partial charge in [-0.2, -0.15) is 26.3 Å². The minimum atomic E-state index is -4.82. The zero-order valence-electron chi connectivity index (χ0n) is 23.1. The molecule has 0 radical (unpaired) electrons. The molecule has 0 bridgehead atoms. The van der Waals surface area contributed by atoms with Crippen molar-refractivity contribution in [2.75, 3.05) is 20.2 Å². The summed E-state index contributed by atoms with van der Waals surface area (Å²) in [5, 5.41) is 13.3. The minimum absolute atomic E-state index is 0.0321. The van der Waals surface area contributed by atoms with Crippen molar-refractivity contribution in [3.8, 4) is 22.6 Å². The number of nitrogens with one attached hydrogen (secondary N) is 1. The molecule has 1 aliphatic rings. The van der Waals surface area contributed by atoms with E-state index in [0.29, 0.717) is 0 Å². The number of hydrogen-bond donors (Lipinski definition) is 2. The van der Waals surface area contributed by atoms with Gasteiger partial charge in [-0.3, -0.25) is 0 Å². The van der Waals surface area contributed by atoms with Gasteiger partial charge in [-0.05, 0) is 74.7 Å². The number of benzene rings is 2. The van der Waals surface area contributed by atoms with Crippen LogP contribution in [0.3, 0.4) is 0 Å². The van der Waals surface area contributed by atoms with E-state index >= 15 is 0 Å². The lowest BCUT2D eigenvalue weighted by Gasteiger charge is -2.21. The number of alkyl carbamates (subject to hydrolysis) is 1. The van der Waals surface area contributed by atoms with Crippen molar-refractivity contribution < 1.29 is 45.7 Å². The quantitative estimate of drug-likeness (QED) is 0.241.